The number of carbonyl (C=O) groups excluding carboxylic acids is 1. The molecule has 0 saturated heterocycles. The molecule has 2 aliphatic heterocycles. The third kappa shape index (κ3) is 7.17. The van der Waals surface area contributed by atoms with Crippen molar-refractivity contribution in [3.63, 3.8) is 0 Å². The van der Waals surface area contributed by atoms with E-state index in [1.807, 2.05) is 25.3 Å². The van der Waals surface area contributed by atoms with Crippen molar-refractivity contribution in [3.05, 3.63) is 96.4 Å². The van der Waals surface area contributed by atoms with Crippen LogP contribution in [0.25, 0.3) is 10.9 Å². The first-order chi connectivity index (χ1) is 21.8. The number of rotatable bonds is 10. The monoisotopic (exact) mass is 632 g/mol. The van der Waals surface area contributed by atoms with Gasteiger partial charge in [0.1, 0.15) is 11.6 Å². The van der Waals surface area contributed by atoms with Crippen molar-refractivity contribution >= 4 is 44.8 Å². The highest BCUT2D eigenvalue weighted by Crippen LogP contribution is 2.29. The van der Waals surface area contributed by atoms with E-state index < -0.39 is 22.4 Å². The number of aromatic nitrogens is 2. The van der Waals surface area contributed by atoms with Crippen LogP contribution >= 0.6 is 0 Å². The van der Waals surface area contributed by atoms with Crippen LogP contribution in [-0.2, 0) is 15.5 Å². The molecular weight excluding hydrogens is 598 g/mol. The highest BCUT2D eigenvalue weighted by molar-refractivity contribution is 7.85. The number of fused-ring (bicyclic) bond motifs is 1. The zero-order chi connectivity index (χ0) is 31.3. The Balaban J connectivity index is 1.24. The fourth-order valence-electron chi connectivity index (χ4n) is 5.37. The Bertz CT molecular complexity index is 1770. The van der Waals surface area contributed by atoms with Crippen molar-refractivity contribution in [1.29, 1.82) is 0 Å². The summed E-state index contributed by atoms with van der Waals surface area (Å²) in [6.07, 6.45) is 11.0. The van der Waals surface area contributed by atoms with Crippen molar-refractivity contribution in [2.75, 3.05) is 48.8 Å². The lowest BCUT2D eigenvalue weighted by atomic mass is 10.1. The van der Waals surface area contributed by atoms with Crippen LogP contribution in [0.1, 0.15) is 29.6 Å². The van der Waals surface area contributed by atoms with Gasteiger partial charge in [-0.25, -0.2) is 13.0 Å². The Labute approximate surface area is 262 Å². The fourth-order valence-corrected chi connectivity index (χ4v) is 6.50. The molecule has 12 heteroatoms. The van der Waals surface area contributed by atoms with Crippen molar-refractivity contribution in [3.8, 4) is 0 Å². The summed E-state index contributed by atoms with van der Waals surface area (Å²) >= 11 is 0. The first-order valence-electron chi connectivity index (χ1n) is 14.8. The van der Waals surface area contributed by atoms with Gasteiger partial charge < -0.3 is 25.2 Å². The SMILES string of the molecule is CN(CCN1C=CCCC1)c1ccc(C(=O)Nc2n[nH]c3ccc(S(=O)c4cc(F)cc(F)c4)cc23)c(NC2C=COCC2)c1. The quantitative estimate of drug-likeness (QED) is 0.197. The van der Waals surface area contributed by atoms with Gasteiger partial charge in [0.05, 0.1) is 40.8 Å². The number of hydrogen-bond acceptors (Lipinski definition) is 7. The average Bonchev–Trinajstić information content (AvgIpc) is 3.45. The summed E-state index contributed by atoms with van der Waals surface area (Å²) in [5.74, 6) is -1.76. The largest absolute Gasteiger partial charge is 0.501 e. The summed E-state index contributed by atoms with van der Waals surface area (Å²) in [6, 6.07) is 13.3. The number of carbonyl (C=O) groups is 1. The lowest BCUT2D eigenvalue weighted by Crippen LogP contribution is -2.32. The molecule has 3 aromatic carbocycles. The summed E-state index contributed by atoms with van der Waals surface area (Å²) in [4.78, 5) is 18.5. The van der Waals surface area contributed by atoms with E-state index in [4.69, 9.17) is 4.74 Å². The van der Waals surface area contributed by atoms with E-state index in [0.29, 0.717) is 33.7 Å². The molecule has 6 rings (SSSR count). The number of nitrogens with zero attached hydrogens (tertiary/aromatic N) is 3. The number of hydrogen-bond donors (Lipinski definition) is 3. The average molecular weight is 633 g/mol. The molecule has 1 amide bonds. The van der Waals surface area contributed by atoms with Crippen LogP contribution in [0.5, 0.6) is 0 Å². The third-order valence-corrected chi connectivity index (χ3v) is 9.21. The van der Waals surface area contributed by atoms with E-state index >= 15 is 0 Å². The number of amides is 1. The predicted octanol–water partition coefficient (Wildman–Crippen LogP) is 6.02. The number of anilines is 3. The van der Waals surface area contributed by atoms with Gasteiger partial charge in [0, 0.05) is 65.7 Å². The summed E-state index contributed by atoms with van der Waals surface area (Å²) in [7, 11) is 0.182. The molecule has 0 radical (unpaired) electrons. The molecule has 3 heterocycles. The molecule has 0 spiro atoms. The molecule has 234 valence electrons. The fraction of sp³-hybridized carbons (Fsp3) is 0.273. The lowest BCUT2D eigenvalue weighted by molar-refractivity contribution is 0.102. The molecule has 2 aliphatic rings. The summed E-state index contributed by atoms with van der Waals surface area (Å²) < 4.78 is 46.1. The second-order valence-corrected chi connectivity index (χ2v) is 12.5. The lowest BCUT2D eigenvalue weighted by Gasteiger charge is -2.28. The summed E-state index contributed by atoms with van der Waals surface area (Å²) in [5, 5.41) is 14.0. The molecule has 0 fully saturated rings. The van der Waals surface area contributed by atoms with Gasteiger partial charge in [-0.05, 0) is 73.6 Å². The molecule has 1 aromatic heterocycles. The minimum absolute atomic E-state index is 0.00346. The Hall–Kier alpha value is -4.71. The second kappa shape index (κ2) is 13.5. The van der Waals surface area contributed by atoms with Gasteiger partial charge in [0.25, 0.3) is 5.91 Å². The molecule has 45 heavy (non-hydrogen) atoms. The van der Waals surface area contributed by atoms with Gasteiger partial charge >= 0.3 is 0 Å². The van der Waals surface area contributed by atoms with Crippen molar-refractivity contribution < 1.29 is 22.5 Å². The van der Waals surface area contributed by atoms with Crippen LogP contribution in [-0.4, -0.2) is 64.5 Å². The van der Waals surface area contributed by atoms with Gasteiger partial charge in [-0.2, -0.15) is 5.10 Å². The van der Waals surface area contributed by atoms with Crippen LogP contribution in [0.3, 0.4) is 0 Å². The zero-order valence-electron chi connectivity index (χ0n) is 24.8. The number of halogens is 2. The predicted molar refractivity (Wildman–Crippen MR) is 172 cm³/mol. The first kappa shape index (κ1) is 30.3. The van der Waals surface area contributed by atoms with Crippen molar-refractivity contribution in [2.24, 2.45) is 0 Å². The number of likely N-dealkylation sites (N-methyl/N-ethyl adjacent to an activating group) is 1. The van der Waals surface area contributed by atoms with Crippen LogP contribution in [0.2, 0.25) is 0 Å². The molecule has 2 atom stereocenters. The van der Waals surface area contributed by atoms with Gasteiger partial charge in [-0.1, -0.05) is 6.08 Å². The molecule has 4 aromatic rings. The minimum atomic E-state index is -1.86. The van der Waals surface area contributed by atoms with E-state index in [1.54, 1.807) is 30.5 Å². The van der Waals surface area contributed by atoms with Crippen molar-refractivity contribution in [2.45, 2.75) is 35.1 Å². The number of aromatic amines is 1. The van der Waals surface area contributed by atoms with E-state index in [1.165, 1.54) is 0 Å². The maximum absolute atomic E-state index is 13.8. The molecule has 2 unspecified atom stereocenters. The van der Waals surface area contributed by atoms with Crippen LogP contribution < -0.4 is 15.5 Å². The number of benzene rings is 3. The Kier molecular flexibility index (Phi) is 9.11. The number of allylic oxidation sites excluding steroid dienone is 1. The first-order valence-corrected chi connectivity index (χ1v) is 16.0. The van der Waals surface area contributed by atoms with Crippen LogP contribution in [0, 0.1) is 11.6 Å². The van der Waals surface area contributed by atoms with Crippen LogP contribution in [0.15, 0.2) is 89.0 Å². The highest BCUT2D eigenvalue weighted by Gasteiger charge is 2.20. The number of ether oxygens (including phenoxy) is 1. The summed E-state index contributed by atoms with van der Waals surface area (Å²) in [5.41, 5.74) is 2.66. The molecule has 9 nitrogen and oxygen atoms in total. The smallest absolute Gasteiger partial charge is 0.258 e. The van der Waals surface area contributed by atoms with E-state index in [-0.39, 0.29) is 22.7 Å². The van der Waals surface area contributed by atoms with E-state index in [2.05, 4.69) is 42.9 Å². The molecule has 0 saturated carbocycles. The second-order valence-electron chi connectivity index (χ2n) is 11.1. The van der Waals surface area contributed by atoms with Crippen molar-refractivity contribution in [1.82, 2.24) is 15.1 Å². The standard InChI is InChI=1S/C33H34F2N6O3S/c1-40(13-14-41-11-3-2-4-12-41)25-5-7-28(31(20-25)36-24-9-15-44-16-10-24)33(42)37-32-29-21-26(6-8-30(29)38-39-32)45(43)27-18-22(34)17-23(35)19-27/h3,5-9,11,15,17-21,24,36H,2,4,10,12-14,16H2,1H3,(H2,37,38,39,42). The third-order valence-electron chi connectivity index (χ3n) is 7.87. The van der Waals surface area contributed by atoms with Crippen LogP contribution in [0.4, 0.5) is 26.0 Å². The normalized spacial score (nSPS) is 16.8. The van der Waals surface area contributed by atoms with Gasteiger partial charge in [-0.15, -0.1) is 0 Å². The topological polar surface area (TPSA) is 103 Å². The van der Waals surface area contributed by atoms with E-state index in [0.717, 1.165) is 62.8 Å². The van der Waals surface area contributed by atoms with Gasteiger partial charge in [0.2, 0.25) is 0 Å². The molecule has 0 aliphatic carbocycles. The molecule has 0 bridgehead atoms. The maximum atomic E-state index is 13.8. The van der Waals surface area contributed by atoms with E-state index in [9.17, 15) is 17.8 Å². The maximum Gasteiger partial charge on any atom is 0.258 e. The molecule has 3 N–H and O–H groups in total. The number of nitrogens with one attached hydrogen (secondary N) is 3. The Morgan fingerprint density at radius 2 is 1.98 bits per heavy atom. The Morgan fingerprint density at radius 1 is 1.13 bits per heavy atom. The van der Waals surface area contributed by atoms with Gasteiger partial charge in [0.15, 0.2) is 5.82 Å². The van der Waals surface area contributed by atoms with Gasteiger partial charge in [-0.3, -0.25) is 9.89 Å². The minimum Gasteiger partial charge on any atom is -0.501 e. The summed E-state index contributed by atoms with van der Waals surface area (Å²) in [6.45, 7) is 3.34. The Morgan fingerprint density at radius 3 is 2.73 bits per heavy atom. The molecular formula is C33H34F2N6O3S. The zero-order valence-corrected chi connectivity index (χ0v) is 25.6. The number of H-pyrrole nitrogens is 1. The highest BCUT2D eigenvalue weighted by atomic mass is 32.2.